The molecule has 1 nitrogen and oxygen atoms in total. The van der Waals surface area contributed by atoms with E-state index in [1.165, 1.54) is 54.9 Å². The number of para-hydroxylation sites is 1. The molecule has 0 radical (unpaired) electrons. The van der Waals surface area contributed by atoms with Gasteiger partial charge in [0.1, 0.15) is 0 Å². The summed E-state index contributed by atoms with van der Waals surface area (Å²) in [6, 6.07) is 55.3. The number of hydrogen-bond acceptors (Lipinski definition) is 1. The molecule has 0 saturated heterocycles. The molecule has 0 N–H and O–H groups in total. The Hall–Kier alpha value is -5.14. The van der Waals surface area contributed by atoms with E-state index in [1.807, 2.05) is 0 Å². The molecule has 1 heteroatoms. The third-order valence-corrected chi connectivity index (χ3v) is 9.00. The SMILES string of the molecule is CC1(C)c2ccccc2-c2ccc3ccc(N(c4ccccc4)c4ccc(-c5ccc6ccccc6c5)cc4)cc3c21. The fraction of sp³-hybridized carbons (Fsp3) is 0.0732. The molecule has 0 saturated carbocycles. The van der Waals surface area contributed by atoms with Crippen LogP contribution in [0.4, 0.5) is 17.1 Å². The molecule has 1 aliphatic carbocycles. The first-order valence-corrected chi connectivity index (χ1v) is 14.7. The van der Waals surface area contributed by atoms with Crippen LogP contribution in [-0.4, -0.2) is 0 Å². The van der Waals surface area contributed by atoms with Crippen LogP contribution in [0, 0.1) is 0 Å². The number of benzene rings is 7. The predicted octanol–water partition coefficient (Wildman–Crippen LogP) is 11.4. The third-order valence-electron chi connectivity index (χ3n) is 9.00. The molecule has 0 unspecified atom stereocenters. The first-order valence-electron chi connectivity index (χ1n) is 14.7. The fourth-order valence-electron chi connectivity index (χ4n) is 6.94. The minimum Gasteiger partial charge on any atom is -0.310 e. The predicted molar refractivity (Wildman–Crippen MR) is 179 cm³/mol. The van der Waals surface area contributed by atoms with Gasteiger partial charge in [0.2, 0.25) is 0 Å². The highest BCUT2D eigenvalue weighted by Crippen LogP contribution is 2.52. The molecule has 0 aliphatic heterocycles. The monoisotopic (exact) mass is 537 g/mol. The van der Waals surface area contributed by atoms with Crippen molar-refractivity contribution in [2.45, 2.75) is 19.3 Å². The van der Waals surface area contributed by atoms with Gasteiger partial charge in [-0.3, -0.25) is 0 Å². The van der Waals surface area contributed by atoms with E-state index in [2.05, 4.69) is 170 Å². The van der Waals surface area contributed by atoms with Crippen LogP contribution in [0.25, 0.3) is 43.8 Å². The first-order chi connectivity index (χ1) is 20.6. The Morgan fingerprint density at radius 1 is 0.429 bits per heavy atom. The third kappa shape index (κ3) is 3.85. The van der Waals surface area contributed by atoms with E-state index < -0.39 is 0 Å². The molecule has 0 heterocycles. The average Bonchev–Trinajstić information content (AvgIpc) is 3.28. The molecule has 0 bridgehead atoms. The summed E-state index contributed by atoms with van der Waals surface area (Å²) in [6.45, 7) is 4.73. The quantitative estimate of drug-likeness (QED) is 0.216. The molecule has 0 atom stereocenters. The molecular formula is C41H31N. The van der Waals surface area contributed by atoms with Crippen LogP contribution in [-0.2, 0) is 5.41 Å². The second-order valence-electron chi connectivity index (χ2n) is 11.8. The maximum Gasteiger partial charge on any atom is 0.0468 e. The zero-order valence-corrected chi connectivity index (χ0v) is 23.9. The van der Waals surface area contributed by atoms with Crippen molar-refractivity contribution in [2.24, 2.45) is 0 Å². The fourth-order valence-corrected chi connectivity index (χ4v) is 6.94. The van der Waals surface area contributed by atoms with Crippen LogP contribution in [0.3, 0.4) is 0 Å². The van der Waals surface area contributed by atoms with E-state index in [9.17, 15) is 0 Å². The maximum atomic E-state index is 2.39. The summed E-state index contributed by atoms with van der Waals surface area (Å²) < 4.78 is 0. The van der Waals surface area contributed by atoms with Crippen LogP contribution in [0.15, 0.2) is 152 Å². The Kier molecular flexibility index (Phi) is 5.55. The molecule has 0 fully saturated rings. The number of fused-ring (bicyclic) bond motifs is 6. The van der Waals surface area contributed by atoms with E-state index in [4.69, 9.17) is 0 Å². The molecular weight excluding hydrogens is 506 g/mol. The lowest BCUT2D eigenvalue weighted by Crippen LogP contribution is -2.16. The van der Waals surface area contributed by atoms with Gasteiger partial charge in [0.15, 0.2) is 0 Å². The van der Waals surface area contributed by atoms with Crippen LogP contribution in [0.2, 0.25) is 0 Å². The Morgan fingerprint density at radius 3 is 1.88 bits per heavy atom. The molecule has 42 heavy (non-hydrogen) atoms. The normalized spacial score (nSPS) is 13.2. The van der Waals surface area contributed by atoms with Crippen molar-refractivity contribution in [1.29, 1.82) is 0 Å². The highest BCUT2D eigenvalue weighted by Gasteiger charge is 2.36. The average molecular weight is 538 g/mol. The first kappa shape index (κ1) is 24.6. The Labute approximate surface area is 247 Å². The molecule has 0 aromatic heterocycles. The topological polar surface area (TPSA) is 3.24 Å². The highest BCUT2D eigenvalue weighted by atomic mass is 15.1. The van der Waals surface area contributed by atoms with E-state index >= 15 is 0 Å². The highest BCUT2D eigenvalue weighted by molar-refractivity contribution is 6.00. The maximum absolute atomic E-state index is 2.39. The summed E-state index contributed by atoms with van der Waals surface area (Å²) >= 11 is 0. The van der Waals surface area contributed by atoms with Gasteiger partial charge in [-0.15, -0.1) is 0 Å². The molecule has 1 aliphatic rings. The number of rotatable bonds is 4. The summed E-state index contributed by atoms with van der Waals surface area (Å²) in [4.78, 5) is 2.37. The van der Waals surface area contributed by atoms with Crippen molar-refractivity contribution in [3.63, 3.8) is 0 Å². The molecule has 0 amide bonds. The van der Waals surface area contributed by atoms with Crippen LogP contribution >= 0.6 is 0 Å². The van der Waals surface area contributed by atoms with Crippen molar-refractivity contribution in [3.05, 3.63) is 163 Å². The van der Waals surface area contributed by atoms with Gasteiger partial charge in [-0.25, -0.2) is 0 Å². The van der Waals surface area contributed by atoms with Crippen molar-refractivity contribution in [2.75, 3.05) is 4.90 Å². The summed E-state index contributed by atoms with van der Waals surface area (Å²) in [5.74, 6) is 0. The lowest BCUT2D eigenvalue weighted by Gasteiger charge is -2.27. The van der Waals surface area contributed by atoms with Crippen molar-refractivity contribution >= 4 is 38.6 Å². The van der Waals surface area contributed by atoms with Gasteiger partial charge >= 0.3 is 0 Å². The number of nitrogens with zero attached hydrogens (tertiary/aromatic N) is 1. The van der Waals surface area contributed by atoms with Gasteiger partial charge < -0.3 is 4.90 Å². The van der Waals surface area contributed by atoms with Gasteiger partial charge in [0.25, 0.3) is 0 Å². The summed E-state index contributed by atoms with van der Waals surface area (Å²) in [7, 11) is 0. The van der Waals surface area contributed by atoms with E-state index in [0.717, 1.165) is 17.1 Å². The number of anilines is 3. The number of hydrogen-bond donors (Lipinski definition) is 0. The van der Waals surface area contributed by atoms with E-state index in [-0.39, 0.29) is 5.41 Å². The second-order valence-corrected chi connectivity index (χ2v) is 11.8. The van der Waals surface area contributed by atoms with Crippen molar-refractivity contribution in [3.8, 4) is 22.3 Å². The zero-order valence-electron chi connectivity index (χ0n) is 23.9. The zero-order chi connectivity index (χ0) is 28.3. The second kappa shape index (κ2) is 9.46. The van der Waals surface area contributed by atoms with Crippen molar-refractivity contribution in [1.82, 2.24) is 0 Å². The Bertz CT molecular complexity index is 2100. The molecule has 0 spiro atoms. The molecule has 8 rings (SSSR count). The van der Waals surface area contributed by atoms with E-state index in [1.54, 1.807) is 0 Å². The standard InChI is InChI=1S/C41H31N/c1-41(2)39-15-9-8-14-36(39)37-25-21-30-20-24-35(27-38(30)40(37)41)42(33-12-4-3-5-13-33)34-22-18-29(19-23-34)32-17-16-28-10-6-7-11-31(28)26-32/h3-27H,1-2H3. The Morgan fingerprint density at radius 2 is 1.05 bits per heavy atom. The van der Waals surface area contributed by atoms with Crippen molar-refractivity contribution < 1.29 is 0 Å². The summed E-state index contributed by atoms with van der Waals surface area (Å²) in [6.07, 6.45) is 0. The van der Waals surface area contributed by atoms with Gasteiger partial charge in [-0.05, 0) is 97.4 Å². The minimum absolute atomic E-state index is 0.0663. The smallest absolute Gasteiger partial charge is 0.0468 e. The lowest BCUT2D eigenvalue weighted by atomic mass is 9.80. The Balaban J connectivity index is 1.26. The minimum atomic E-state index is -0.0663. The molecule has 7 aromatic rings. The summed E-state index contributed by atoms with van der Waals surface area (Å²) in [5, 5.41) is 5.12. The van der Waals surface area contributed by atoms with E-state index in [0.29, 0.717) is 0 Å². The van der Waals surface area contributed by atoms with Gasteiger partial charge in [-0.1, -0.05) is 123 Å². The largest absolute Gasteiger partial charge is 0.310 e. The van der Waals surface area contributed by atoms with Gasteiger partial charge in [0, 0.05) is 22.5 Å². The van der Waals surface area contributed by atoms with Crippen LogP contribution in [0.1, 0.15) is 25.0 Å². The molecule has 200 valence electrons. The lowest BCUT2D eigenvalue weighted by molar-refractivity contribution is 0.666. The van der Waals surface area contributed by atoms with Gasteiger partial charge in [-0.2, -0.15) is 0 Å². The van der Waals surface area contributed by atoms with Crippen LogP contribution < -0.4 is 4.90 Å². The van der Waals surface area contributed by atoms with Crippen LogP contribution in [0.5, 0.6) is 0 Å². The molecule has 7 aromatic carbocycles. The summed E-state index contributed by atoms with van der Waals surface area (Å²) in [5.41, 5.74) is 11.4. The van der Waals surface area contributed by atoms with Gasteiger partial charge in [0.05, 0.1) is 0 Å².